The molecule has 0 saturated heterocycles. The predicted octanol–water partition coefficient (Wildman–Crippen LogP) is 1.68. The molecule has 5 heteroatoms. The number of rotatable bonds is 5. The molecule has 5 nitrogen and oxygen atoms in total. The maximum Gasteiger partial charge on any atom is 0.240 e. The van der Waals surface area contributed by atoms with Gasteiger partial charge in [-0.25, -0.2) is 0 Å². The number of hydrogen-bond donors (Lipinski definition) is 1. The van der Waals surface area contributed by atoms with Gasteiger partial charge < -0.3 is 10.2 Å². The van der Waals surface area contributed by atoms with Gasteiger partial charge in [-0.2, -0.15) is 5.26 Å². The third kappa shape index (κ3) is 4.73. The number of benzene rings is 1. The van der Waals surface area contributed by atoms with Crippen LogP contribution < -0.4 is 10.2 Å². The van der Waals surface area contributed by atoms with Gasteiger partial charge in [0.25, 0.3) is 0 Å². The minimum Gasteiger partial charge on any atom is -0.354 e. The number of nitriles is 1. The molecule has 1 rings (SSSR count). The van der Waals surface area contributed by atoms with Gasteiger partial charge in [0.05, 0.1) is 11.6 Å². The van der Waals surface area contributed by atoms with Crippen molar-refractivity contribution in [1.29, 1.82) is 5.26 Å². The molecule has 106 valence electrons. The van der Waals surface area contributed by atoms with Gasteiger partial charge in [-0.1, -0.05) is 13.8 Å². The highest BCUT2D eigenvalue weighted by Crippen LogP contribution is 2.15. The molecule has 0 fully saturated rings. The van der Waals surface area contributed by atoms with Crippen molar-refractivity contribution in [2.45, 2.75) is 20.8 Å². The van der Waals surface area contributed by atoms with Gasteiger partial charge in [-0.3, -0.25) is 9.59 Å². The summed E-state index contributed by atoms with van der Waals surface area (Å²) in [4.78, 5) is 24.8. The van der Waals surface area contributed by atoms with Gasteiger partial charge in [0.2, 0.25) is 11.8 Å². The summed E-state index contributed by atoms with van der Waals surface area (Å²) in [5.41, 5.74) is 1.12. The zero-order chi connectivity index (χ0) is 15.1. The van der Waals surface area contributed by atoms with Crippen LogP contribution >= 0.6 is 0 Å². The van der Waals surface area contributed by atoms with Crippen molar-refractivity contribution in [2.24, 2.45) is 5.92 Å². The minimum atomic E-state index is -0.214. The summed E-state index contributed by atoms with van der Waals surface area (Å²) in [5, 5.41) is 11.5. The standard InChI is InChI=1S/C15H19N3O2/c1-11(2)9-17-15(20)10-18(12(3)19)14-6-4-13(8-16)5-7-14/h4-7,11H,9-10H2,1-3H3,(H,17,20). The van der Waals surface area contributed by atoms with Crippen molar-refractivity contribution in [1.82, 2.24) is 5.32 Å². The fourth-order valence-corrected chi connectivity index (χ4v) is 1.62. The van der Waals surface area contributed by atoms with E-state index in [4.69, 9.17) is 5.26 Å². The maximum atomic E-state index is 11.8. The molecule has 2 amide bonds. The Hall–Kier alpha value is -2.35. The van der Waals surface area contributed by atoms with Crippen LogP contribution in [-0.4, -0.2) is 24.9 Å². The fourth-order valence-electron chi connectivity index (χ4n) is 1.62. The molecule has 0 aliphatic rings. The molecule has 0 atom stereocenters. The van der Waals surface area contributed by atoms with Crippen LogP contribution in [0.5, 0.6) is 0 Å². The second kappa shape index (κ2) is 7.29. The van der Waals surface area contributed by atoms with Crippen LogP contribution in [0.25, 0.3) is 0 Å². The predicted molar refractivity (Wildman–Crippen MR) is 77.0 cm³/mol. The van der Waals surface area contributed by atoms with Crippen molar-refractivity contribution < 1.29 is 9.59 Å². The zero-order valence-corrected chi connectivity index (χ0v) is 12.0. The summed E-state index contributed by atoms with van der Waals surface area (Å²) in [6.45, 7) is 5.98. The molecule has 0 aliphatic heterocycles. The van der Waals surface area contributed by atoms with E-state index in [1.54, 1.807) is 24.3 Å². The summed E-state index contributed by atoms with van der Waals surface area (Å²) >= 11 is 0. The summed E-state index contributed by atoms with van der Waals surface area (Å²) in [7, 11) is 0. The van der Waals surface area contributed by atoms with Crippen molar-refractivity contribution in [3.8, 4) is 6.07 Å². The van der Waals surface area contributed by atoms with Crippen LogP contribution in [-0.2, 0) is 9.59 Å². The fraction of sp³-hybridized carbons (Fsp3) is 0.400. The summed E-state index contributed by atoms with van der Waals surface area (Å²) in [6, 6.07) is 8.58. The number of hydrogen-bond acceptors (Lipinski definition) is 3. The third-order valence-corrected chi connectivity index (χ3v) is 2.70. The van der Waals surface area contributed by atoms with Gasteiger partial charge in [0.1, 0.15) is 6.54 Å². The second-order valence-electron chi connectivity index (χ2n) is 4.96. The topological polar surface area (TPSA) is 73.2 Å². The minimum absolute atomic E-state index is 0.0199. The Labute approximate surface area is 119 Å². The van der Waals surface area contributed by atoms with Crippen LogP contribution in [0.1, 0.15) is 26.3 Å². The highest BCUT2D eigenvalue weighted by Gasteiger charge is 2.15. The lowest BCUT2D eigenvalue weighted by molar-refractivity contribution is -0.123. The molecule has 0 heterocycles. The van der Waals surface area contributed by atoms with Crippen LogP contribution in [0.15, 0.2) is 24.3 Å². The summed E-state index contributed by atoms with van der Waals surface area (Å²) in [6.07, 6.45) is 0. The molecule has 1 aromatic carbocycles. The van der Waals surface area contributed by atoms with E-state index in [0.29, 0.717) is 23.7 Å². The van der Waals surface area contributed by atoms with Crippen LogP contribution in [0.2, 0.25) is 0 Å². The SMILES string of the molecule is CC(=O)N(CC(=O)NCC(C)C)c1ccc(C#N)cc1. The number of nitrogens with zero attached hydrogens (tertiary/aromatic N) is 2. The van der Waals surface area contributed by atoms with Crippen LogP contribution in [0, 0.1) is 17.2 Å². The van der Waals surface area contributed by atoms with E-state index in [9.17, 15) is 9.59 Å². The van der Waals surface area contributed by atoms with Crippen molar-refractivity contribution in [3.63, 3.8) is 0 Å². The van der Waals surface area contributed by atoms with Gasteiger partial charge in [0.15, 0.2) is 0 Å². The molecule has 0 radical (unpaired) electrons. The van der Waals surface area contributed by atoms with E-state index in [0.717, 1.165) is 0 Å². The average molecular weight is 273 g/mol. The average Bonchev–Trinajstić information content (AvgIpc) is 2.42. The first-order valence-electron chi connectivity index (χ1n) is 6.49. The molecule has 0 bridgehead atoms. The van der Waals surface area contributed by atoms with E-state index in [2.05, 4.69) is 5.32 Å². The Balaban J connectivity index is 2.76. The lowest BCUT2D eigenvalue weighted by atomic mass is 10.2. The Morgan fingerprint density at radius 3 is 2.35 bits per heavy atom. The quantitative estimate of drug-likeness (QED) is 0.887. The monoisotopic (exact) mass is 273 g/mol. The van der Waals surface area contributed by atoms with Gasteiger partial charge >= 0.3 is 0 Å². The lowest BCUT2D eigenvalue weighted by Crippen LogP contribution is -2.40. The van der Waals surface area contributed by atoms with E-state index < -0.39 is 0 Å². The zero-order valence-electron chi connectivity index (χ0n) is 12.0. The van der Waals surface area contributed by atoms with Gasteiger partial charge in [0, 0.05) is 19.2 Å². The van der Waals surface area contributed by atoms with E-state index in [1.165, 1.54) is 11.8 Å². The largest absolute Gasteiger partial charge is 0.354 e. The molecule has 20 heavy (non-hydrogen) atoms. The highest BCUT2D eigenvalue weighted by atomic mass is 16.2. The molecule has 1 aromatic rings. The molecule has 1 N–H and O–H groups in total. The van der Waals surface area contributed by atoms with Crippen molar-refractivity contribution in [2.75, 3.05) is 18.0 Å². The van der Waals surface area contributed by atoms with Crippen molar-refractivity contribution >= 4 is 17.5 Å². The first-order valence-corrected chi connectivity index (χ1v) is 6.49. The first-order chi connectivity index (χ1) is 9.43. The summed E-state index contributed by atoms with van der Waals surface area (Å²) < 4.78 is 0. The molecule has 0 aliphatic carbocycles. The molecular weight excluding hydrogens is 254 g/mol. The van der Waals surface area contributed by atoms with Crippen molar-refractivity contribution in [3.05, 3.63) is 29.8 Å². The van der Waals surface area contributed by atoms with Gasteiger partial charge in [-0.05, 0) is 30.2 Å². The second-order valence-corrected chi connectivity index (χ2v) is 4.96. The Bertz CT molecular complexity index is 515. The Morgan fingerprint density at radius 2 is 1.90 bits per heavy atom. The number of carbonyl (C=O) groups is 2. The number of nitrogens with one attached hydrogen (secondary N) is 1. The molecule has 0 spiro atoms. The highest BCUT2D eigenvalue weighted by molar-refractivity contribution is 5.97. The van der Waals surface area contributed by atoms with E-state index in [1.807, 2.05) is 19.9 Å². The van der Waals surface area contributed by atoms with E-state index >= 15 is 0 Å². The Morgan fingerprint density at radius 1 is 1.30 bits per heavy atom. The third-order valence-electron chi connectivity index (χ3n) is 2.70. The molecular formula is C15H19N3O2. The summed E-state index contributed by atoms with van der Waals surface area (Å²) in [5.74, 6) is -0.0488. The van der Waals surface area contributed by atoms with Gasteiger partial charge in [-0.15, -0.1) is 0 Å². The van der Waals surface area contributed by atoms with Crippen LogP contribution in [0.3, 0.4) is 0 Å². The molecule has 0 unspecified atom stereocenters. The molecule has 0 saturated carbocycles. The number of amides is 2. The maximum absolute atomic E-state index is 11.8. The smallest absolute Gasteiger partial charge is 0.240 e. The lowest BCUT2D eigenvalue weighted by Gasteiger charge is -2.21. The number of anilines is 1. The molecule has 0 aromatic heterocycles. The first kappa shape index (κ1) is 15.7. The normalized spacial score (nSPS) is 9.95. The van der Waals surface area contributed by atoms with Crippen LogP contribution in [0.4, 0.5) is 5.69 Å². The Kier molecular flexibility index (Phi) is 5.73. The van der Waals surface area contributed by atoms with E-state index in [-0.39, 0.29) is 18.4 Å². The number of carbonyl (C=O) groups excluding carboxylic acids is 2.